The number of rotatable bonds is 3. The highest BCUT2D eigenvalue weighted by Gasteiger charge is 2.37. The van der Waals surface area contributed by atoms with Crippen LogP contribution >= 0.6 is 11.8 Å². The molecule has 0 aliphatic carbocycles. The third kappa shape index (κ3) is 4.37. The van der Waals surface area contributed by atoms with Gasteiger partial charge in [-0.05, 0) is 23.3 Å². The maximum Gasteiger partial charge on any atom is 0.404 e. The number of benzene rings is 1. The number of hydrogen-bond donors (Lipinski definition) is 1. The number of carbonyl (C=O) groups is 1. The Morgan fingerprint density at radius 2 is 2.00 bits per heavy atom. The lowest BCUT2D eigenvalue weighted by Crippen LogP contribution is -2.39. The Bertz CT molecular complexity index is 643. The summed E-state index contributed by atoms with van der Waals surface area (Å²) in [4.78, 5) is 12.0. The van der Waals surface area contributed by atoms with Crippen LogP contribution in [0.1, 0.15) is 16.4 Å². The van der Waals surface area contributed by atoms with Gasteiger partial charge in [0.05, 0.1) is 0 Å². The molecular formula is C12H12F3NO3S2. The highest BCUT2D eigenvalue weighted by molar-refractivity contribution is 8.00. The van der Waals surface area contributed by atoms with Crippen molar-refractivity contribution in [2.24, 2.45) is 0 Å². The molecule has 116 valence electrons. The van der Waals surface area contributed by atoms with Crippen LogP contribution in [0.5, 0.6) is 0 Å². The molecular weight excluding hydrogens is 327 g/mol. The first-order chi connectivity index (χ1) is 9.68. The number of hydrogen-bond acceptors (Lipinski definition) is 4. The van der Waals surface area contributed by atoms with Gasteiger partial charge in [-0.2, -0.15) is 13.2 Å². The second-order valence-corrected chi connectivity index (χ2v) is 7.48. The van der Waals surface area contributed by atoms with Crippen molar-refractivity contribution in [2.75, 3.05) is 11.5 Å². The van der Waals surface area contributed by atoms with Gasteiger partial charge in [0.25, 0.3) is 5.91 Å². The molecule has 0 unspecified atom stereocenters. The minimum absolute atomic E-state index is 0.606. The predicted octanol–water partition coefficient (Wildman–Crippen LogP) is 2.03. The zero-order valence-corrected chi connectivity index (χ0v) is 12.3. The van der Waals surface area contributed by atoms with E-state index in [0.717, 1.165) is 12.0 Å². The molecule has 2 rings (SSSR count). The molecule has 21 heavy (non-hydrogen) atoms. The highest BCUT2D eigenvalue weighted by Crippen LogP contribution is 2.36. The third-order valence-corrected chi connectivity index (χ3v) is 5.30. The first-order valence-corrected chi connectivity index (χ1v) is 8.68. The van der Waals surface area contributed by atoms with Gasteiger partial charge in [-0.3, -0.25) is 9.52 Å². The van der Waals surface area contributed by atoms with Crippen molar-refractivity contribution in [3.05, 3.63) is 35.4 Å². The minimum atomic E-state index is -4.89. The molecule has 1 atom stereocenters. The van der Waals surface area contributed by atoms with E-state index in [1.807, 2.05) is 6.07 Å². The van der Waals surface area contributed by atoms with Gasteiger partial charge < -0.3 is 0 Å². The maximum absolute atomic E-state index is 12.1. The van der Waals surface area contributed by atoms with Crippen LogP contribution < -0.4 is 4.72 Å². The van der Waals surface area contributed by atoms with Crippen LogP contribution in [0.2, 0.25) is 0 Å². The summed E-state index contributed by atoms with van der Waals surface area (Å²) in [5, 5.41) is -0.807. The third-order valence-electron chi connectivity index (χ3n) is 2.84. The van der Waals surface area contributed by atoms with Gasteiger partial charge in [0.2, 0.25) is 10.0 Å². The lowest BCUT2D eigenvalue weighted by Gasteiger charge is -2.24. The van der Waals surface area contributed by atoms with Crippen molar-refractivity contribution in [1.29, 1.82) is 0 Å². The van der Waals surface area contributed by atoms with Crippen LogP contribution in [0.25, 0.3) is 0 Å². The first kappa shape index (κ1) is 16.2. The molecule has 4 nitrogen and oxygen atoms in total. The fourth-order valence-electron chi connectivity index (χ4n) is 2.07. The molecule has 9 heteroatoms. The topological polar surface area (TPSA) is 63.2 Å². The zero-order chi connectivity index (χ0) is 15.7. The molecule has 0 spiro atoms. The maximum atomic E-state index is 12.1. The molecule has 0 bridgehead atoms. The Kier molecular flexibility index (Phi) is 4.52. The van der Waals surface area contributed by atoms with Crippen LogP contribution in [-0.4, -0.2) is 32.0 Å². The molecule has 1 aromatic carbocycles. The summed E-state index contributed by atoms with van der Waals surface area (Å²) in [5.74, 6) is -2.39. The summed E-state index contributed by atoms with van der Waals surface area (Å²) in [5.41, 5.74) is 1.55. The largest absolute Gasteiger partial charge is 0.404 e. The van der Waals surface area contributed by atoms with Crippen molar-refractivity contribution < 1.29 is 26.4 Å². The Hall–Kier alpha value is -1.22. The van der Waals surface area contributed by atoms with Crippen molar-refractivity contribution in [3.63, 3.8) is 0 Å². The summed E-state index contributed by atoms with van der Waals surface area (Å²) >= 11 is 1.21. The van der Waals surface area contributed by atoms with E-state index < -0.39 is 33.1 Å². The summed E-state index contributed by atoms with van der Waals surface area (Å²) in [7, 11) is -4.73. The standard InChI is InChI=1S/C12H12F3NO3S2/c13-12(14,15)7-21(18,19)16-11(17)10-9-4-2-1-3-8(9)5-6-20-10/h1-4,10H,5-7H2,(H,16,17)/t10-/m0/s1. The number of fused-ring (bicyclic) bond motifs is 1. The lowest BCUT2D eigenvalue weighted by atomic mass is 10.0. The van der Waals surface area contributed by atoms with Gasteiger partial charge >= 0.3 is 6.18 Å². The van der Waals surface area contributed by atoms with Crippen molar-refractivity contribution in [2.45, 2.75) is 17.8 Å². The van der Waals surface area contributed by atoms with Crippen molar-refractivity contribution >= 4 is 27.7 Å². The van der Waals surface area contributed by atoms with Gasteiger partial charge in [-0.25, -0.2) is 8.42 Å². The molecule has 1 aliphatic heterocycles. The summed E-state index contributed by atoms with van der Waals surface area (Å²) in [6.45, 7) is 0. The van der Waals surface area contributed by atoms with E-state index in [4.69, 9.17) is 0 Å². The van der Waals surface area contributed by atoms with Gasteiger partial charge in [-0.1, -0.05) is 24.3 Å². The Morgan fingerprint density at radius 3 is 2.67 bits per heavy atom. The molecule has 0 radical (unpaired) electrons. The van der Waals surface area contributed by atoms with Crippen LogP contribution in [0.3, 0.4) is 0 Å². The van der Waals surface area contributed by atoms with Gasteiger partial charge in [0.1, 0.15) is 5.25 Å². The number of aryl methyl sites for hydroxylation is 1. The van der Waals surface area contributed by atoms with E-state index in [9.17, 15) is 26.4 Å². The van der Waals surface area contributed by atoms with Crippen molar-refractivity contribution in [1.82, 2.24) is 4.72 Å². The van der Waals surface area contributed by atoms with E-state index in [1.54, 1.807) is 18.2 Å². The van der Waals surface area contributed by atoms with E-state index >= 15 is 0 Å². The van der Waals surface area contributed by atoms with Crippen LogP contribution in [-0.2, 0) is 21.2 Å². The SMILES string of the molecule is O=C(NS(=O)(=O)CC(F)(F)F)[C@H]1SCCc2ccccc21. The smallest absolute Gasteiger partial charge is 0.272 e. The van der Waals surface area contributed by atoms with E-state index in [-0.39, 0.29) is 0 Å². The number of carbonyl (C=O) groups excluding carboxylic acids is 1. The monoisotopic (exact) mass is 339 g/mol. The lowest BCUT2D eigenvalue weighted by molar-refractivity contribution is -0.119. The molecule has 0 saturated heterocycles. The Morgan fingerprint density at radius 1 is 1.33 bits per heavy atom. The number of amides is 1. The molecule has 0 fully saturated rings. The fraction of sp³-hybridized carbons (Fsp3) is 0.417. The summed E-state index contributed by atoms with van der Waals surface area (Å²) in [6, 6.07) is 7.00. The summed E-state index contributed by atoms with van der Waals surface area (Å²) < 4.78 is 60.7. The predicted molar refractivity (Wildman–Crippen MR) is 73.3 cm³/mol. The highest BCUT2D eigenvalue weighted by atomic mass is 32.2. The molecule has 1 N–H and O–H groups in total. The average molecular weight is 339 g/mol. The van der Waals surface area contributed by atoms with Gasteiger partial charge in [0.15, 0.2) is 5.75 Å². The average Bonchev–Trinajstić information content (AvgIpc) is 2.34. The molecule has 0 saturated carbocycles. The van der Waals surface area contributed by atoms with E-state index in [1.165, 1.54) is 16.5 Å². The fourth-order valence-corrected chi connectivity index (χ4v) is 4.26. The Labute approximate surface area is 124 Å². The molecule has 0 aromatic heterocycles. The number of nitrogens with one attached hydrogen (secondary N) is 1. The number of alkyl halides is 3. The number of thioether (sulfide) groups is 1. The van der Waals surface area contributed by atoms with Gasteiger partial charge in [-0.15, -0.1) is 11.8 Å². The minimum Gasteiger partial charge on any atom is -0.272 e. The second-order valence-electron chi connectivity index (χ2n) is 4.54. The molecule has 1 amide bonds. The van der Waals surface area contributed by atoms with Crippen LogP contribution in [0, 0.1) is 0 Å². The van der Waals surface area contributed by atoms with Crippen LogP contribution in [0.15, 0.2) is 24.3 Å². The number of halogens is 3. The quantitative estimate of drug-likeness (QED) is 0.915. The van der Waals surface area contributed by atoms with E-state index in [0.29, 0.717) is 11.3 Å². The molecule has 1 aromatic rings. The summed E-state index contributed by atoms with van der Waals surface area (Å²) in [6.07, 6.45) is -4.15. The van der Waals surface area contributed by atoms with E-state index in [2.05, 4.69) is 0 Å². The molecule has 1 aliphatic rings. The van der Waals surface area contributed by atoms with Crippen molar-refractivity contribution in [3.8, 4) is 0 Å². The van der Waals surface area contributed by atoms with Crippen LogP contribution in [0.4, 0.5) is 13.2 Å². The van der Waals surface area contributed by atoms with Gasteiger partial charge in [0, 0.05) is 0 Å². The second kappa shape index (κ2) is 5.88. The normalized spacial score (nSPS) is 18.9. The first-order valence-electron chi connectivity index (χ1n) is 5.98. The molecule has 1 heterocycles. The Balaban J connectivity index is 2.15. The number of sulfonamides is 1. The zero-order valence-electron chi connectivity index (χ0n) is 10.7.